The van der Waals surface area contributed by atoms with Gasteiger partial charge in [0.1, 0.15) is 18.0 Å². The lowest BCUT2D eigenvalue weighted by molar-refractivity contribution is 0.758. The highest BCUT2D eigenvalue weighted by Gasteiger charge is 2.03. The van der Waals surface area contributed by atoms with E-state index in [2.05, 4.69) is 34.4 Å². The maximum absolute atomic E-state index is 5.64. The Balaban J connectivity index is 2.10. The fraction of sp³-hybridized carbons (Fsp3) is 0.333. The summed E-state index contributed by atoms with van der Waals surface area (Å²) in [5.41, 5.74) is 7.70. The third kappa shape index (κ3) is 3.93. The van der Waals surface area contributed by atoms with E-state index in [0.717, 1.165) is 29.3 Å². The fourth-order valence-corrected chi connectivity index (χ4v) is 1.78. The molecule has 0 saturated heterocycles. The largest absolute Gasteiger partial charge is 0.367 e. The molecule has 4 N–H and O–H groups in total. The molecule has 2 aromatic rings. The van der Waals surface area contributed by atoms with Crippen LogP contribution < -0.4 is 16.4 Å². The maximum Gasteiger partial charge on any atom is 0.135 e. The number of rotatable bonds is 6. The van der Waals surface area contributed by atoms with Crippen molar-refractivity contribution >= 4 is 17.3 Å². The van der Waals surface area contributed by atoms with Gasteiger partial charge in [-0.25, -0.2) is 9.97 Å². The maximum atomic E-state index is 5.64. The van der Waals surface area contributed by atoms with E-state index >= 15 is 0 Å². The van der Waals surface area contributed by atoms with E-state index in [1.54, 1.807) is 6.33 Å². The predicted molar refractivity (Wildman–Crippen MR) is 83.0 cm³/mol. The minimum absolute atomic E-state index is 0.387. The summed E-state index contributed by atoms with van der Waals surface area (Å²) in [5, 5.41) is 6.59. The summed E-state index contributed by atoms with van der Waals surface area (Å²) in [6.07, 6.45) is 2.60. The van der Waals surface area contributed by atoms with Crippen LogP contribution in [-0.4, -0.2) is 16.0 Å². The summed E-state index contributed by atoms with van der Waals surface area (Å²) in [6.45, 7) is 4.79. The first kappa shape index (κ1) is 14.3. The molecule has 20 heavy (non-hydrogen) atoms. The topological polar surface area (TPSA) is 75.9 Å². The molecule has 0 fully saturated rings. The van der Waals surface area contributed by atoms with Crippen LogP contribution in [0.2, 0.25) is 0 Å². The zero-order chi connectivity index (χ0) is 14.4. The van der Waals surface area contributed by atoms with Gasteiger partial charge in [-0.15, -0.1) is 0 Å². The van der Waals surface area contributed by atoms with Gasteiger partial charge in [0, 0.05) is 24.3 Å². The lowest BCUT2D eigenvalue weighted by Gasteiger charge is -2.13. The van der Waals surface area contributed by atoms with Crippen molar-refractivity contribution in [3.05, 3.63) is 42.2 Å². The molecule has 0 radical (unpaired) electrons. The molecule has 0 aliphatic rings. The number of nitrogens with two attached hydrogens (primary N) is 1. The molecule has 106 valence electrons. The standard InChI is InChI=1S/C15H21N5/c1-3-11(2)19-14-8-15(18-10-17-14)20-13-6-4-5-12(7-13)9-16/h4-8,10-11H,3,9,16H2,1-2H3,(H2,17,18,19,20). The lowest BCUT2D eigenvalue weighted by atomic mass is 10.2. The van der Waals surface area contributed by atoms with E-state index in [-0.39, 0.29) is 0 Å². The van der Waals surface area contributed by atoms with Gasteiger partial charge in [0.05, 0.1) is 0 Å². The summed E-state index contributed by atoms with van der Waals surface area (Å²) < 4.78 is 0. The van der Waals surface area contributed by atoms with Crippen molar-refractivity contribution < 1.29 is 0 Å². The van der Waals surface area contributed by atoms with Crippen molar-refractivity contribution in [2.45, 2.75) is 32.9 Å². The van der Waals surface area contributed by atoms with Crippen LogP contribution >= 0.6 is 0 Å². The number of aromatic nitrogens is 2. The van der Waals surface area contributed by atoms with Crippen molar-refractivity contribution in [2.75, 3.05) is 10.6 Å². The first-order chi connectivity index (χ1) is 9.71. The second kappa shape index (κ2) is 6.86. The molecule has 0 spiro atoms. The van der Waals surface area contributed by atoms with Crippen LogP contribution in [0.5, 0.6) is 0 Å². The third-order valence-corrected chi connectivity index (χ3v) is 3.11. The number of hydrogen-bond donors (Lipinski definition) is 3. The van der Waals surface area contributed by atoms with E-state index < -0.39 is 0 Å². The van der Waals surface area contributed by atoms with Gasteiger partial charge in [-0.3, -0.25) is 0 Å². The average Bonchev–Trinajstić information content (AvgIpc) is 2.47. The Morgan fingerprint density at radius 1 is 1.20 bits per heavy atom. The van der Waals surface area contributed by atoms with Gasteiger partial charge in [-0.1, -0.05) is 19.1 Å². The van der Waals surface area contributed by atoms with E-state index in [1.807, 2.05) is 30.3 Å². The van der Waals surface area contributed by atoms with E-state index in [1.165, 1.54) is 0 Å². The van der Waals surface area contributed by atoms with Crippen LogP contribution in [0.1, 0.15) is 25.8 Å². The van der Waals surface area contributed by atoms with Crippen LogP contribution in [0.3, 0.4) is 0 Å². The quantitative estimate of drug-likeness (QED) is 0.753. The van der Waals surface area contributed by atoms with Crippen LogP contribution in [0, 0.1) is 0 Å². The number of nitrogens with one attached hydrogen (secondary N) is 2. The zero-order valence-corrected chi connectivity index (χ0v) is 11.9. The number of nitrogens with zero attached hydrogens (tertiary/aromatic N) is 2. The molecule has 2 rings (SSSR count). The third-order valence-electron chi connectivity index (χ3n) is 3.11. The molecule has 0 bridgehead atoms. The summed E-state index contributed by atoms with van der Waals surface area (Å²) in [5.74, 6) is 1.59. The highest BCUT2D eigenvalue weighted by Crippen LogP contribution is 2.18. The lowest BCUT2D eigenvalue weighted by Crippen LogP contribution is -2.14. The Bertz CT molecular complexity index is 555. The summed E-state index contributed by atoms with van der Waals surface area (Å²) >= 11 is 0. The van der Waals surface area contributed by atoms with Crippen molar-refractivity contribution in [1.29, 1.82) is 0 Å². The molecule has 1 aromatic heterocycles. The Labute approximate surface area is 119 Å². The van der Waals surface area contributed by atoms with Crippen molar-refractivity contribution in [3.63, 3.8) is 0 Å². The Morgan fingerprint density at radius 2 is 2.00 bits per heavy atom. The first-order valence-corrected chi connectivity index (χ1v) is 6.86. The van der Waals surface area contributed by atoms with Gasteiger partial charge in [0.2, 0.25) is 0 Å². The van der Waals surface area contributed by atoms with Crippen molar-refractivity contribution in [3.8, 4) is 0 Å². The average molecular weight is 271 g/mol. The van der Waals surface area contributed by atoms with Gasteiger partial charge < -0.3 is 16.4 Å². The Hall–Kier alpha value is -2.14. The molecule has 5 nitrogen and oxygen atoms in total. The van der Waals surface area contributed by atoms with Gasteiger partial charge in [-0.2, -0.15) is 0 Å². The van der Waals surface area contributed by atoms with Crippen molar-refractivity contribution in [1.82, 2.24) is 9.97 Å². The fourth-order valence-electron chi connectivity index (χ4n) is 1.78. The molecule has 0 saturated carbocycles. The molecule has 1 atom stereocenters. The summed E-state index contributed by atoms with van der Waals surface area (Å²) in [6, 6.07) is 10.3. The smallest absolute Gasteiger partial charge is 0.135 e. The Kier molecular flexibility index (Phi) is 4.90. The normalized spacial score (nSPS) is 11.9. The van der Waals surface area contributed by atoms with Gasteiger partial charge in [0.15, 0.2) is 0 Å². The first-order valence-electron chi connectivity index (χ1n) is 6.86. The minimum Gasteiger partial charge on any atom is -0.367 e. The number of benzene rings is 1. The van der Waals surface area contributed by atoms with Crippen LogP contribution in [0.25, 0.3) is 0 Å². The van der Waals surface area contributed by atoms with Gasteiger partial charge in [-0.05, 0) is 31.0 Å². The van der Waals surface area contributed by atoms with Crippen LogP contribution in [-0.2, 0) is 6.54 Å². The molecule has 1 heterocycles. The highest BCUT2D eigenvalue weighted by atomic mass is 15.1. The second-order valence-corrected chi connectivity index (χ2v) is 4.77. The van der Waals surface area contributed by atoms with E-state index in [9.17, 15) is 0 Å². The van der Waals surface area contributed by atoms with Crippen molar-refractivity contribution in [2.24, 2.45) is 5.73 Å². The molecule has 5 heteroatoms. The molecule has 1 unspecified atom stereocenters. The van der Waals surface area contributed by atoms with Gasteiger partial charge >= 0.3 is 0 Å². The molecule has 0 amide bonds. The molecule has 0 aliphatic carbocycles. The van der Waals surface area contributed by atoms with Crippen LogP contribution in [0.15, 0.2) is 36.7 Å². The number of anilines is 3. The van der Waals surface area contributed by atoms with E-state index in [0.29, 0.717) is 12.6 Å². The minimum atomic E-state index is 0.387. The van der Waals surface area contributed by atoms with Gasteiger partial charge in [0.25, 0.3) is 0 Å². The molecule has 0 aliphatic heterocycles. The van der Waals surface area contributed by atoms with E-state index in [4.69, 9.17) is 5.73 Å². The zero-order valence-electron chi connectivity index (χ0n) is 11.9. The number of hydrogen-bond acceptors (Lipinski definition) is 5. The summed E-state index contributed by atoms with van der Waals surface area (Å²) in [4.78, 5) is 8.45. The molecular weight excluding hydrogens is 250 g/mol. The van der Waals surface area contributed by atoms with Crippen LogP contribution in [0.4, 0.5) is 17.3 Å². The Morgan fingerprint density at radius 3 is 2.75 bits per heavy atom. The monoisotopic (exact) mass is 271 g/mol. The molecular formula is C15H21N5. The molecule has 1 aromatic carbocycles. The predicted octanol–water partition coefficient (Wildman–Crippen LogP) is 2.89. The summed E-state index contributed by atoms with van der Waals surface area (Å²) in [7, 11) is 0. The SMILES string of the molecule is CCC(C)Nc1cc(Nc2cccc(CN)c2)ncn1. The highest BCUT2D eigenvalue weighted by molar-refractivity contribution is 5.59. The second-order valence-electron chi connectivity index (χ2n) is 4.77.